The van der Waals surface area contributed by atoms with Crippen LogP contribution in [0, 0.1) is 12.8 Å². The number of carbonyl (C=O) groups is 2. The second-order valence-corrected chi connectivity index (χ2v) is 10.9. The van der Waals surface area contributed by atoms with E-state index in [-0.39, 0.29) is 18.1 Å². The minimum absolute atomic E-state index is 0.158. The van der Waals surface area contributed by atoms with Crippen LogP contribution < -0.4 is 5.32 Å². The number of anilines is 1. The fraction of sp³-hybridized carbons (Fsp3) is 0.171. The van der Waals surface area contributed by atoms with Crippen LogP contribution in [0.2, 0.25) is 5.02 Å². The number of aliphatic imine (C=N–C) groups is 1. The van der Waals surface area contributed by atoms with E-state index < -0.39 is 17.8 Å². The van der Waals surface area contributed by atoms with Gasteiger partial charge in [-0.3, -0.25) is 14.2 Å². The van der Waals surface area contributed by atoms with E-state index >= 15 is 0 Å². The van der Waals surface area contributed by atoms with Crippen LogP contribution in [-0.4, -0.2) is 38.6 Å². The molecule has 1 N–H and O–H groups in total. The third-order valence-corrected chi connectivity index (χ3v) is 8.05. The number of pyridine rings is 2. The first kappa shape index (κ1) is 29.0. The molecule has 6 rings (SSSR count). The molecule has 1 amide bonds. The van der Waals surface area contributed by atoms with Crippen molar-refractivity contribution in [3.8, 4) is 11.3 Å². The summed E-state index contributed by atoms with van der Waals surface area (Å²) in [5.74, 6) is -2.12. The summed E-state index contributed by atoms with van der Waals surface area (Å²) >= 11 is 6.75. The highest BCUT2D eigenvalue weighted by Gasteiger charge is 2.43. The summed E-state index contributed by atoms with van der Waals surface area (Å²) in [4.78, 5) is 41.5. The van der Waals surface area contributed by atoms with Crippen molar-refractivity contribution in [3.63, 3.8) is 0 Å². The maximum atomic E-state index is 13.9. The fourth-order valence-electron chi connectivity index (χ4n) is 5.81. The number of halogens is 1. The summed E-state index contributed by atoms with van der Waals surface area (Å²) in [5.41, 5.74) is 6.30. The number of benzene rings is 2. The monoisotopic (exact) mass is 603 g/mol. The first-order valence-electron chi connectivity index (χ1n) is 14.3. The average Bonchev–Trinajstić information content (AvgIpc) is 3.37. The highest BCUT2D eigenvalue weighted by molar-refractivity contribution is 6.31. The summed E-state index contributed by atoms with van der Waals surface area (Å²) in [7, 11) is 0. The molecule has 3 aromatic heterocycles. The number of esters is 1. The Morgan fingerprint density at radius 1 is 0.932 bits per heavy atom. The summed E-state index contributed by atoms with van der Waals surface area (Å²) in [6.45, 7) is 5.68. The number of aryl methyl sites for hydroxylation is 1. The maximum Gasteiger partial charge on any atom is 0.336 e. The van der Waals surface area contributed by atoms with Crippen LogP contribution in [0.3, 0.4) is 0 Å². The van der Waals surface area contributed by atoms with Gasteiger partial charge in [-0.1, -0.05) is 66.2 Å². The lowest BCUT2D eigenvalue weighted by Gasteiger charge is -2.33. The lowest BCUT2D eigenvalue weighted by Crippen LogP contribution is -2.38. The van der Waals surface area contributed by atoms with Crippen LogP contribution in [0.5, 0.6) is 0 Å². The third-order valence-electron chi connectivity index (χ3n) is 7.71. The van der Waals surface area contributed by atoms with Crippen molar-refractivity contribution in [2.75, 3.05) is 11.9 Å². The molecule has 0 saturated carbocycles. The number of fused-ring (bicyclic) bond motifs is 1. The minimum Gasteiger partial charge on any atom is -0.463 e. The molecule has 2 atom stereocenters. The fourth-order valence-corrected chi connectivity index (χ4v) is 6.06. The SMILES string of the molecule is CCOC(=O)C1=C(c2ccc(-c3c(C)nc4ccccn34)cc2)N=C(C)C(C(=O)Nc2ccccn2)C1c1ccccc1Cl. The highest BCUT2D eigenvalue weighted by Crippen LogP contribution is 2.45. The molecule has 0 bridgehead atoms. The molecule has 0 aliphatic carbocycles. The summed E-state index contributed by atoms with van der Waals surface area (Å²) in [6.07, 6.45) is 3.59. The number of rotatable bonds is 7. The lowest BCUT2D eigenvalue weighted by molar-refractivity contribution is -0.138. The van der Waals surface area contributed by atoms with Gasteiger partial charge in [0.1, 0.15) is 11.5 Å². The predicted molar refractivity (Wildman–Crippen MR) is 173 cm³/mol. The van der Waals surface area contributed by atoms with Crippen LogP contribution in [-0.2, 0) is 14.3 Å². The molecule has 44 heavy (non-hydrogen) atoms. The van der Waals surface area contributed by atoms with Gasteiger partial charge < -0.3 is 10.1 Å². The molecule has 0 fully saturated rings. The molecule has 9 heteroatoms. The van der Waals surface area contributed by atoms with Gasteiger partial charge in [0.05, 0.1) is 35.2 Å². The van der Waals surface area contributed by atoms with Crippen molar-refractivity contribution in [3.05, 3.63) is 125 Å². The molecule has 4 heterocycles. The van der Waals surface area contributed by atoms with Gasteiger partial charge in [0.2, 0.25) is 5.91 Å². The van der Waals surface area contributed by atoms with E-state index in [1.807, 2.05) is 73.8 Å². The number of nitrogens with one attached hydrogen (secondary N) is 1. The molecule has 5 aromatic rings. The average molecular weight is 604 g/mol. The normalized spacial score (nSPS) is 16.5. The molecule has 220 valence electrons. The number of amides is 1. The number of hydrogen-bond donors (Lipinski definition) is 1. The Hall–Kier alpha value is -5.08. The molecular formula is C35H30ClN5O3. The van der Waals surface area contributed by atoms with Gasteiger partial charge in [-0.15, -0.1) is 0 Å². The Bertz CT molecular complexity index is 1930. The predicted octanol–water partition coefficient (Wildman–Crippen LogP) is 7.15. The Kier molecular flexibility index (Phi) is 8.09. The quantitative estimate of drug-likeness (QED) is 0.199. The largest absolute Gasteiger partial charge is 0.463 e. The topological polar surface area (TPSA) is 98.0 Å². The second kappa shape index (κ2) is 12.3. The first-order chi connectivity index (χ1) is 21.4. The number of imidazole rings is 1. The second-order valence-electron chi connectivity index (χ2n) is 10.5. The Balaban J connectivity index is 1.50. The van der Waals surface area contributed by atoms with Crippen molar-refractivity contribution < 1.29 is 14.3 Å². The van der Waals surface area contributed by atoms with Crippen LogP contribution in [0.1, 0.15) is 36.6 Å². The maximum absolute atomic E-state index is 13.9. The van der Waals surface area contributed by atoms with Crippen molar-refractivity contribution in [2.45, 2.75) is 26.7 Å². The van der Waals surface area contributed by atoms with Crippen LogP contribution in [0.4, 0.5) is 5.82 Å². The number of carbonyl (C=O) groups excluding carboxylic acids is 2. The standard InChI is InChI=1S/C35H30ClN5O3/c1-4-44-35(43)31-30(25-11-5-6-12-26(25)36)29(34(42)40-27-13-7-9-19-37-27)21(2)39-32(31)23-15-17-24(18-16-23)33-22(3)38-28-14-8-10-20-41(28)33/h5-20,29-30H,4H2,1-3H3,(H,37,40,42). The molecule has 2 aromatic carbocycles. The summed E-state index contributed by atoms with van der Waals surface area (Å²) in [5, 5.41) is 3.33. The van der Waals surface area contributed by atoms with E-state index in [4.69, 9.17) is 21.3 Å². The van der Waals surface area contributed by atoms with Gasteiger partial charge in [0.15, 0.2) is 0 Å². The van der Waals surface area contributed by atoms with Crippen LogP contribution >= 0.6 is 11.6 Å². The Morgan fingerprint density at radius 2 is 1.66 bits per heavy atom. The van der Waals surface area contributed by atoms with Gasteiger partial charge in [0, 0.05) is 40.2 Å². The zero-order valence-electron chi connectivity index (χ0n) is 24.5. The number of nitrogens with zero attached hydrogens (tertiary/aromatic N) is 4. The van der Waals surface area contributed by atoms with Gasteiger partial charge in [0.25, 0.3) is 0 Å². The Labute approximate surface area is 260 Å². The molecule has 0 radical (unpaired) electrons. The summed E-state index contributed by atoms with van der Waals surface area (Å²) < 4.78 is 7.64. The summed E-state index contributed by atoms with van der Waals surface area (Å²) in [6, 6.07) is 26.2. The molecule has 0 saturated heterocycles. The van der Waals surface area contributed by atoms with Crippen LogP contribution in [0.15, 0.2) is 108 Å². The van der Waals surface area contributed by atoms with E-state index in [9.17, 15) is 9.59 Å². The van der Waals surface area contributed by atoms with Crippen molar-refractivity contribution in [1.29, 1.82) is 0 Å². The number of hydrogen-bond acceptors (Lipinski definition) is 6. The zero-order valence-corrected chi connectivity index (χ0v) is 25.2. The zero-order chi connectivity index (χ0) is 30.8. The van der Waals surface area contributed by atoms with Crippen molar-refractivity contribution >= 4 is 46.4 Å². The molecular weight excluding hydrogens is 574 g/mol. The lowest BCUT2D eigenvalue weighted by atomic mass is 9.74. The van der Waals surface area contributed by atoms with Crippen molar-refractivity contribution in [2.24, 2.45) is 10.9 Å². The molecule has 0 spiro atoms. The van der Waals surface area contributed by atoms with E-state index in [0.717, 1.165) is 22.6 Å². The van der Waals surface area contributed by atoms with E-state index in [1.165, 1.54) is 0 Å². The number of aromatic nitrogens is 3. The molecule has 2 unspecified atom stereocenters. The van der Waals surface area contributed by atoms with Gasteiger partial charge >= 0.3 is 5.97 Å². The molecule has 1 aliphatic rings. The number of ether oxygens (including phenoxy) is 1. The molecule has 1 aliphatic heterocycles. The minimum atomic E-state index is -0.847. The highest BCUT2D eigenvalue weighted by atomic mass is 35.5. The third kappa shape index (κ3) is 5.40. The van der Waals surface area contributed by atoms with Gasteiger partial charge in [-0.25, -0.2) is 14.8 Å². The first-order valence-corrected chi connectivity index (χ1v) is 14.7. The van der Waals surface area contributed by atoms with E-state index in [0.29, 0.717) is 33.4 Å². The van der Waals surface area contributed by atoms with Crippen molar-refractivity contribution in [1.82, 2.24) is 14.4 Å². The van der Waals surface area contributed by atoms with E-state index in [2.05, 4.69) is 19.7 Å². The van der Waals surface area contributed by atoms with Gasteiger partial charge in [-0.2, -0.15) is 0 Å². The van der Waals surface area contributed by atoms with Crippen LogP contribution in [0.25, 0.3) is 22.6 Å². The van der Waals surface area contributed by atoms with Gasteiger partial charge in [-0.05, 0) is 56.7 Å². The molecule has 8 nitrogen and oxygen atoms in total. The van der Waals surface area contributed by atoms with E-state index in [1.54, 1.807) is 44.3 Å². The Morgan fingerprint density at radius 3 is 2.39 bits per heavy atom. The smallest absolute Gasteiger partial charge is 0.336 e.